The Morgan fingerprint density at radius 3 is 1.93 bits per heavy atom. The van der Waals surface area contributed by atoms with Crippen molar-refractivity contribution in [1.82, 2.24) is 5.32 Å². The fourth-order valence-corrected chi connectivity index (χ4v) is 7.34. The second-order valence-electron chi connectivity index (χ2n) is 11.7. The van der Waals surface area contributed by atoms with E-state index in [2.05, 4.69) is 34.5 Å². The number of nitrogens with one attached hydrogen (secondary N) is 1. The highest BCUT2D eigenvalue weighted by Gasteiger charge is 2.40. The van der Waals surface area contributed by atoms with Crippen LogP contribution in [0.25, 0.3) is 6.08 Å². The van der Waals surface area contributed by atoms with E-state index in [-0.39, 0.29) is 22.4 Å². The number of amides is 4. The fraction of sp³-hybridized carbons (Fsp3) is 0.216. The van der Waals surface area contributed by atoms with E-state index in [4.69, 9.17) is 21.1 Å². The summed E-state index contributed by atoms with van der Waals surface area (Å²) in [6.45, 7) is 1.83. The Bertz CT molecular complexity index is 1820. The van der Waals surface area contributed by atoms with Crippen LogP contribution in [0, 0.1) is 0 Å². The van der Waals surface area contributed by atoms with Crippen molar-refractivity contribution in [2.75, 3.05) is 37.1 Å². The number of benzene rings is 4. The molecule has 1 N–H and O–H groups in total. The lowest BCUT2D eigenvalue weighted by molar-refractivity contribution is -0.122. The number of urea groups is 1. The molecule has 2 atom stereocenters. The van der Waals surface area contributed by atoms with E-state index in [9.17, 15) is 14.4 Å². The molecule has 9 heteroatoms. The van der Waals surface area contributed by atoms with Crippen LogP contribution in [0.15, 0.2) is 90.5 Å². The highest BCUT2D eigenvalue weighted by molar-refractivity contribution is 6.39. The van der Waals surface area contributed by atoms with Crippen molar-refractivity contribution < 1.29 is 23.9 Å². The van der Waals surface area contributed by atoms with E-state index >= 15 is 0 Å². The number of methoxy groups -OCH3 is 2. The largest absolute Gasteiger partial charge is 0.493 e. The molecule has 0 aromatic heterocycles. The third kappa shape index (κ3) is 5.08. The van der Waals surface area contributed by atoms with Crippen LogP contribution in [0.2, 0.25) is 5.02 Å². The molecule has 0 saturated carbocycles. The van der Waals surface area contributed by atoms with Gasteiger partial charge in [-0.1, -0.05) is 72.3 Å². The van der Waals surface area contributed by atoms with Crippen LogP contribution in [-0.4, -0.2) is 45.2 Å². The SMILES string of the molecule is COc1cc(/C=C2\C(=O)NC(=O)N(c3cc4c5c(c3)[C@@H](c3ccccc3)CCN5CC[C@@H]4c3ccccc3)C2=O)cc(Cl)c1OC. The van der Waals surface area contributed by atoms with E-state index in [1.54, 1.807) is 12.1 Å². The number of imide groups is 2. The number of barbiturate groups is 1. The zero-order valence-electron chi connectivity index (χ0n) is 25.5. The third-order valence-electron chi connectivity index (χ3n) is 9.13. The number of hydrogen-bond acceptors (Lipinski definition) is 6. The summed E-state index contributed by atoms with van der Waals surface area (Å²) in [5, 5.41) is 2.63. The Labute approximate surface area is 272 Å². The molecule has 4 aromatic rings. The quantitative estimate of drug-likeness (QED) is 0.184. The lowest BCUT2D eigenvalue weighted by atomic mass is 9.76. The first-order valence-electron chi connectivity index (χ1n) is 15.2. The monoisotopic (exact) mass is 633 g/mol. The molecule has 4 amide bonds. The van der Waals surface area contributed by atoms with E-state index in [0.29, 0.717) is 22.7 Å². The summed E-state index contributed by atoms with van der Waals surface area (Å²) < 4.78 is 10.7. The Morgan fingerprint density at radius 1 is 0.804 bits per heavy atom. The normalized spacial score (nSPS) is 20.0. The molecule has 4 aromatic carbocycles. The number of anilines is 2. The molecule has 3 heterocycles. The highest BCUT2D eigenvalue weighted by Crippen LogP contribution is 2.50. The van der Waals surface area contributed by atoms with Gasteiger partial charge >= 0.3 is 6.03 Å². The lowest BCUT2D eigenvalue weighted by Crippen LogP contribution is -2.54. The van der Waals surface area contributed by atoms with Gasteiger partial charge in [-0.05, 0) is 71.0 Å². The Balaban J connectivity index is 1.38. The Morgan fingerprint density at radius 2 is 1.39 bits per heavy atom. The van der Waals surface area contributed by atoms with Gasteiger partial charge < -0.3 is 14.4 Å². The van der Waals surface area contributed by atoms with Crippen LogP contribution >= 0.6 is 11.6 Å². The molecule has 46 heavy (non-hydrogen) atoms. The second kappa shape index (κ2) is 12.0. The standard InChI is InChI=1S/C37H32ClN3O5/c1-45-32-19-22(18-31(38)34(32)46-2)17-30-35(42)39-37(44)41(36(30)43)25-20-28-26(23-9-5-3-6-10-23)13-15-40-16-14-27(29(21-25)33(28)40)24-11-7-4-8-12-24/h3-12,17-21,26-27H,13-16H2,1-2H3,(H,39,42,44)/b30-17+/t26-,27-/m1/s1. The van der Waals surface area contributed by atoms with Gasteiger partial charge in [0.05, 0.1) is 24.9 Å². The summed E-state index contributed by atoms with van der Waals surface area (Å²) in [5.74, 6) is -0.672. The molecule has 3 aliphatic rings. The maximum absolute atomic E-state index is 14.1. The number of carbonyl (C=O) groups is 3. The predicted octanol–water partition coefficient (Wildman–Crippen LogP) is 6.90. The third-order valence-corrected chi connectivity index (χ3v) is 9.41. The molecular formula is C37H32ClN3O5. The summed E-state index contributed by atoms with van der Waals surface area (Å²) >= 11 is 6.41. The van der Waals surface area contributed by atoms with Crippen LogP contribution in [0.1, 0.15) is 52.5 Å². The van der Waals surface area contributed by atoms with E-state index in [0.717, 1.165) is 42.0 Å². The van der Waals surface area contributed by atoms with Gasteiger partial charge in [0, 0.05) is 30.6 Å². The summed E-state index contributed by atoms with van der Waals surface area (Å²) in [6, 6.07) is 27.0. The van der Waals surface area contributed by atoms with Gasteiger partial charge in [-0.25, -0.2) is 9.69 Å². The fourth-order valence-electron chi connectivity index (χ4n) is 7.05. The van der Waals surface area contributed by atoms with E-state index in [1.807, 2.05) is 48.5 Å². The summed E-state index contributed by atoms with van der Waals surface area (Å²) in [5.41, 5.74) is 6.33. The molecule has 0 radical (unpaired) electrons. The minimum absolute atomic E-state index is 0.0779. The number of rotatable bonds is 6. The van der Waals surface area contributed by atoms with Gasteiger partial charge in [0.25, 0.3) is 11.8 Å². The molecule has 232 valence electrons. The average molecular weight is 634 g/mol. The molecular weight excluding hydrogens is 602 g/mol. The van der Waals surface area contributed by atoms with Gasteiger partial charge in [0.15, 0.2) is 11.5 Å². The molecule has 7 rings (SSSR count). The van der Waals surface area contributed by atoms with Crippen molar-refractivity contribution in [3.63, 3.8) is 0 Å². The van der Waals surface area contributed by atoms with Crippen molar-refractivity contribution >= 4 is 46.9 Å². The minimum Gasteiger partial charge on any atom is -0.493 e. The molecule has 8 nitrogen and oxygen atoms in total. The van der Waals surface area contributed by atoms with Crippen LogP contribution in [0.3, 0.4) is 0 Å². The molecule has 0 aliphatic carbocycles. The van der Waals surface area contributed by atoms with Gasteiger partial charge in [0.1, 0.15) is 5.57 Å². The molecule has 0 spiro atoms. The van der Waals surface area contributed by atoms with Crippen molar-refractivity contribution in [3.05, 3.63) is 123 Å². The molecule has 0 bridgehead atoms. The van der Waals surface area contributed by atoms with E-state index in [1.165, 1.54) is 37.1 Å². The van der Waals surface area contributed by atoms with Gasteiger partial charge in [-0.15, -0.1) is 0 Å². The zero-order valence-corrected chi connectivity index (χ0v) is 26.2. The second-order valence-corrected chi connectivity index (χ2v) is 12.1. The van der Waals surface area contributed by atoms with Crippen molar-refractivity contribution in [2.24, 2.45) is 0 Å². The summed E-state index contributed by atoms with van der Waals surface area (Å²) in [4.78, 5) is 44.2. The smallest absolute Gasteiger partial charge is 0.335 e. The first-order valence-corrected chi connectivity index (χ1v) is 15.6. The topological polar surface area (TPSA) is 88.2 Å². The number of carbonyl (C=O) groups excluding carboxylic acids is 3. The molecule has 1 saturated heterocycles. The lowest BCUT2D eigenvalue weighted by Gasteiger charge is -2.44. The van der Waals surface area contributed by atoms with Gasteiger partial charge in [0.2, 0.25) is 0 Å². The number of ether oxygens (including phenoxy) is 2. The summed E-state index contributed by atoms with van der Waals surface area (Å²) in [6.07, 6.45) is 3.22. The van der Waals surface area contributed by atoms with Crippen molar-refractivity contribution in [2.45, 2.75) is 24.7 Å². The molecule has 0 unspecified atom stereocenters. The Hall–Kier alpha value is -5.08. The van der Waals surface area contributed by atoms with Crippen molar-refractivity contribution in [3.8, 4) is 11.5 Å². The van der Waals surface area contributed by atoms with Crippen LogP contribution in [0.5, 0.6) is 11.5 Å². The maximum atomic E-state index is 14.1. The number of hydrogen-bond donors (Lipinski definition) is 1. The average Bonchev–Trinajstić information content (AvgIpc) is 3.07. The Kier molecular flexibility index (Phi) is 7.74. The molecule has 1 fully saturated rings. The zero-order chi connectivity index (χ0) is 31.9. The summed E-state index contributed by atoms with van der Waals surface area (Å²) in [7, 11) is 2.94. The number of nitrogens with zero attached hydrogens (tertiary/aromatic N) is 2. The van der Waals surface area contributed by atoms with E-state index < -0.39 is 17.8 Å². The minimum atomic E-state index is -0.791. The first kappa shape index (κ1) is 29.6. The van der Waals surface area contributed by atoms with Crippen molar-refractivity contribution in [1.29, 1.82) is 0 Å². The molecule has 3 aliphatic heterocycles. The van der Waals surface area contributed by atoms with Crippen LogP contribution < -0.4 is 24.6 Å². The maximum Gasteiger partial charge on any atom is 0.335 e. The number of halogens is 1. The first-order chi connectivity index (χ1) is 22.4. The van der Waals surface area contributed by atoms with Gasteiger partial charge in [-0.2, -0.15) is 0 Å². The highest BCUT2D eigenvalue weighted by atomic mass is 35.5. The van der Waals surface area contributed by atoms with Crippen LogP contribution in [-0.2, 0) is 9.59 Å². The van der Waals surface area contributed by atoms with Crippen LogP contribution in [0.4, 0.5) is 16.2 Å². The van der Waals surface area contributed by atoms with Gasteiger partial charge in [-0.3, -0.25) is 14.9 Å². The predicted molar refractivity (Wildman–Crippen MR) is 178 cm³/mol.